The topological polar surface area (TPSA) is 35.2 Å². The molecule has 0 spiro atoms. The molecule has 0 radical (unpaired) electrons. The number of benzene rings is 1. The fourth-order valence-electron chi connectivity index (χ4n) is 1.66. The summed E-state index contributed by atoms with van der Waals surface area (Å²) in [7, 11) is 1.68. The van der Waals surface area contributed by atoms with Crippen molar-refractivity contribution in [3.05, 3.63) is 28.2 Å². The summed E-state index contributed by atoms with van der Waals surface area (Å²) in [4.78, 5) is 0. The summed E-state index contributed by atoms with van der Waals surface area (Å²) in [5.74, 6) is 1.56. The molecule has 98 valence electrons. The summed E-state index contributed by atoms with van der Waals surface area (Å²) in [6, 6.07) is 6.02. The van der Waals surface area contributed by atoms with Crippen LogP contribution < -0.4 is 10.5 Å². The fraction of sp³-hybridized carbons (Fsp3) is 0.538. The zero-order valence-corrected chi connectivity index (χ0v) is 13.0. The molecule has 0 heterocycles. The standard InChI is InChI=1S/C13H20BrNO.ClH/c1-9(2)4-6-12(15)11-8-10(14)5-7-13(11)16-3;/h5,7-9,12H,4,6,15H2,1-3H3;1H/t12-;/m1./s1. The average molecular weight is 323 g/mol. The molecule has 2 N–H and O–H groups in total. The first-order chi connectivity index (χ1) is 7.54. The Morgan fingerprint density at radius 1 is 1.29 bits per heavy atom. The van der Waals surface area contributed by atoms with Crippen molar-refractivity contribution in [1.82, 2.24) is 0 Å². The first kappa shape index (κ1) is 16.8. The van der Waals surface area contributed by atoms with Crippen LogP contribution in [0.5, 0.6) is 5.75 Å². The molecule has 4 heteroatoms. The van der Waals surface area contributed by atoms with Crippen LogP contribution in [0.25, 0.3) is 0 Å². The predicted molar refractivity (Wildman–Crippen MR) is 78.9 cm³/mol. The van der Waals surface area contributed by atoms with Gasteiger partial charge in [-0.05, 0) is 37.0 Å². The number of halogens is 2. The van der Waals surface area contributed by atoms with Gasteiger partial charge in [0, 0.05) is 16.1 Å². The maximum absolute atomic E-state index is 6.19. The smallest absolute Gasteiger partial charge is 0.123 e. The van der Waals surface area contributed by atoms with E-state index in [-0.39, 0.29) is 18.4 Å². The van der Waals surface area contributed by atoms with Crippen molar-refractivity contribution in [3.63, 3.8) is 0 Å². The number of ether oxygens (including phenoxy) is 1. The third kappa shape index (κ3) is 5.28. The Labute approximate surface area is 118 Å². The Kier molecular flexibility index (Phi) is 7.84. The zero-order valence-electron chi connectivity index (χ0n) is 10.6. The van der Waals surface area contributed by atoms with Crippen molar-refractivity contribution in [2.45, 2.75) is 32.7 Å². The first-order valence-corrected chi connectivity index (χ1v) is 6.43. The van der Waals surface area contributed by atoms with Gasteiger partial charge in [0.05, 0.1) is 7.11 Å². The summed E-state index contributed by atoms with van der Waals surface area (Å²) in [6.45, 7) is 4.43. The molecule has 0 bridgehead atoms. The Bertz CT molecular complexity index is 344. The second-order valence-electron chi connectivity index (χ2n) is 4.46. The summed E-state index contributed by atoms with van der Waals surface area (Å²) in [6.07, 6.45) is 2.13. The van der Waals surface area contributed by atoms with E-state index in [1.807, 2.05) is 18.2 Å². The minimum atomic E-state index is 0. The number of hydrogen-bond acceptors (Lipinski definition) is 2. The number of rotatable bonds is 5. The molecule has 2 nitrogen and oxygen atoms in total. The average Bonchev–Trinajstić information content (AvgIpc) is 2.25. The predicted octanol–water partition coefficient (Wildman–Crippen LogP) is 4.32. The second-order valence-corrected chi connectivity index (χ2v) is 5.38. The van der Waals surface area contributed by atoms with Crippen molar-refractivity contribution in [1.29, 1.82) is 0 Å². The number of hydrogen-bond donors (Lipinski definition) is 1. The van der Waals surface area contributed by atoms with Crippen LogP contribution in [0, 0.1) is 5.92 Å². The van der Waals surface area contributed by atoms with Gasteiger partial charge in [0.25, 0.3) is 0 Å². The summed E-state index contributed by atoms with van der Waals surface area (Å²) >= 11 is 3.46. The second kappa shape index (κ2) is 7.96. The molecule has 0 aliphatic heterocycles. The van der Waals surface area contributed by atoms with Crippen LogP contribution in [0.2, 0.25) is 0 Å². The van der Waals surface area contributed by atoms with Gasteiger partial charge in [0.2, 0.25) is 0 Å². The van der Waals surface area contributed by atoms with Gasteiger partial charge in [-0.25, -0.2) is 0 Å². The highest BCUT2D eigenvalue weighted by Gasteiger charge is 2.12. The third-order valence-corrected chi connectivity index (χ3v) is 3.14. The molecule has 0 aliphatic carbocycles. The maximum atomic E-state index is 6.19. The molecule has 0 aromatic heterocycles. The van der Waals surface area contributed by atoms with E-state index in [0.29, 0.717) is 5.92 Å². The normalized spacial score (nSPS) is 12.1. The number of methoxy groups -OCH3 is 1. The minimum absolute atomic E-state index is 0. The van der Waals surface area contributed by atoms with Gasteiger partial charge in [-0.3, -0.25) is 0 Å². The summed E-state index contributed by atoms with van der Waals surface area (Å²) in [5.41, 5.74) is 7.27. The van der Waals surface area contributed by atoms with E-state index in [1.165, 1.54) is 0 Å². The van der Waals surface area contributed by atoms with Crippen molar-refractivity contribution in [3.8, 4) is 5.75 Å². The van der Waals surface area contributed by atoms with Crippen molar-refractivity contribution >= 4 is 28.3 Å². The highest BCUT2D eigenvalue weighted by Crippen LogP contribution is 2.30. The van der Waals surface area contributed by atoms with Crippen molar-refractivity contribution in [2.75, 3.05) is 7.11 Å². The largest absolute Gasteiger partial charge is 0.496 e. The van der Waals surface area contributed by atoms with Crippen LogP contribution in [-0.4, -0.2) is 7.11 Å². The van der Waals surface area contributed by atoms with Gasteiger partial charge in [-0.1, -0.05) is 29.8 Å². The van der Waals surface area contributed by atoms with E-state index in [9.17, 15) is 0 Å². The van der Waals surface area contributed by atoms with Crippen LogP contribution in [0.4, 0.5) is 0 Å². The van der Waals surface area contributed by atoms with E-state index >= 15 is 0 Å². The molecule has 0 saturated heterocycles. The van der Waals surface area contributed by atoms with Gasteiger partial charge in [0.15, 0.2) is 0 Å². The van der Waals surface area contributed by atoms with Crippen LogP contribution in [-0.2, 0) is 0 Å². The summed E-state index contributed by atoms with van der Waals surface area (Å²) in [5, 5.41) is 0. The van der Waals surface area contributed by atoms with E-state index in [0.717, 1.165) is 28.6 Å². The fourth-order valence-corrected chi connectivity index (χ4v) is 2.04. The van der Waals surface area contributed by atoms with E-state index in [1.54, 1.807) is 7.11 Å². The summed E-state index contributed by atoms with van der Waals surface area (Å²) < 4.78 is 6.37. The number of nitrogens with two attached hydrogens (primary N) is 1. The Morgan fingerprint density at radius 3 is 2.47 bits per heavy atom. The van der Waals surface area contributed by atoms with Crippen LogP contribution >= 0.6 is 28.3 Å². The Balaban J connectivity index is 0.00000256. The van der Waals surface area contributed by atoms with E-state index in [4.69, 9.17) is 10.5 Å². The molecule has 17 heavy (non-hydrogen) atoms. The third-order valence-electron chi connectivity index (χ3n) is 2.65. The molecular formula is C13H21BrClNO. The van der Waals surface area contributed by atoms with E-state index < -0.39 is 0 Å². The highest BCUT2D eigenvalue weighted by atomic mass is 79.9. The molecule has 0 aliphatic rings. The van der Waals surface area contributed by atoms with Gasteiger partial charge in [-0.15, -0.1) is 12.4 Å². The van der Waals surface area contributed by atoms with Crippen LogP contribution in [0.15, 0.2) is 22.7 Å². The molecule has 0 amide bonds. The maximum Gasteiger partial charge on any atom is 0.123 e. The van der Waals surface area contributed by atoms with E-state index in [2.05, 4.69) is 29.8 Å². The lowest BCUT2D eigenvalue weighted by Gasteiger charge is -2.17. The van der Waals surface area contributed by atoms with Gasteiger partial charge < -0.3 is 10.5 Å². The van der Waals surface area contributed by atoms with Crippen LogP contribution in [0.3, 0.4) is 0 Å². The Hall–Kier alpha value is -0.250. The van der Waals surface area contributed by atoms with Crippen molar-refractivity contribution in [2.24, 2.45) is 11.7 Å². The quantitative estimate of drug-likeness (QED) is 0.876. The molecule has 1 aromatic carbocycles. The first-order valence-electron chi connectivity index (χ1n) is 5.63. The SMILES string of the molecule is COc1ccc(Br)cc1[C@H](N)CCC(C)C.Cl. The zero-order chi connectivity index (χ0) is 12.1. The molecule has 1 rings (SSSR count). The van der Waals surface area contributed by atoms with Crippen molar-refractivity contribution < 1.29 is 4.74 Å². The van der Waals surface area contributed by atoms with Gasteiger partial charge in [-0.2, -0.15) is 0 Å². The molecule has 0 unspecified atom stereocenters. The lowest BCUT2D eigenvalue weighted by Crippen LogP contribution is -2.12. The monoisotopic (exact) mass is 321 g/mol. The molecular weight excluding hydrogens is 302 g/mol. The van der Waals surface area contributed by atoms with Gasteiger partial charge in [0.1, 0.15) is 5.75 Å². The molecule has 0 fully saturated rings. The molecule has 1 aromatic rings. The van der Waals surface area contributed by atoms with Gasteiger partial charge >= 0.3 is 0 Å². The highest BCUT2D eigenvalue weighted by molar-refractivity contribution is 9.10. The van der Waals surface area contributed by atoms with Crippen LogP contribution in [0.1, 0.15) is 38.3 Å². The molecule has 0 saturated carbocycles. The Morgan fingerprint density at radius 2 is 1.94 bits per heavy atom. The lowest BCUT2D eigenvalue weighted by atomic mass is 9.98. The lowest BCUT2D eigenvalue weighted by molar-refractivity contribution is 0.401. The molecule has 1 atom stereocenters. The minimum Gasteiger partial charge on any atom is -0.496 e.